The van der Waals surface area contributed by atoms with Crippen LogP contribution in [0, 0.1) is 11.8 Å². The van der Waals surface area contributed by atoms with Crippen LogP contribution in [0.3, 0.4) is 0 Å². The van der Waals surface area contributed by atoms with Gasteiger partial charge in [-0.3, -0.25) is 0 Å². The fourth-order valence-electron chi connectivity index (χ4n) is 11.5. The largest absolute Gasteiger partial charge is 0.454 e. The van der Waals surface area contributed by atoms with Gasteiger partial charge in [-0.25, -0.2) is 15.0 Å². The molecule has 1 fully saturated rings. The first kappa shape index (κ1) is 37.8. The second kappa shape index (κ2) is 14.3. The van der Waals surface area contributed by atoms with Crippen LogP contribution < -0.4 is 15.8 Å². The summed E-state index contributed by atoms with van der Waals surface area (Å²) in [5.74, 6) is 2.38. The summed E-state index contributed by atoms with van der Waals surface area (Å²) in [6, 6.07) is 49.2. The molecule has 294 valence electrons. The molecule has 12 heteroatoms. The third kappa shape index (κ3) is 5.69. The Balaban J connectivity index is 1.13. The number of aromatic nitrogens is 4. The van der Waals surface area contributed by atoms with Gasteiger partial charge in [-0.05, 0) is 29.8 Å². The summed E-state index contributed by atoms with van der Waals surface area (Å²) in [4.78, 5) is 18.1. The molecule has 0 saturated carbocycles. The van der Waals surface area contributed by atoms with Crippen LogP contribution in [0.4, 0.5) is 5.69 Å². The highest BCUT2D eigenvalue weighted by molar-refractivity contribution is 6.51. The van der Waals surface area contributed by atoms with Gasteiger partial charge in [0.25, 0.3) is 0 Å². The Labute approximate surface area is 372 Å². The molecule has 3 aromatic heterocycles. The van der Waals surface area contributed by atoms with E-state index in [0.717, 1.165) is 44.3 Å². The van der Waals surface area contributed by atoms with Gasteiger partial charge < -0.3 is 13.9 Å². The smallest absolute Gasteiger partial charge is 0.164 e. The summed E-state index contributed by atoms with van der Waals surface area (Å²) in [6.07, 6.45) is 4.94. The molecule has 0 bridgehead atoms. The Morgan fingerprint density at radius 1 is 0.603 bits per heavy atom. The van der Waals surface area contributed by atoms with E-state index < -0.39 is 0 Å². The number of para-hydroxylation sites is 2. The van der Waals surface area contributed by atoms with Crippen LogP contribution in [-0.4, -0.2) is 72.6 Å². The van der Waals surface area contributed by atoms with Gasteiger partial charge in [0.1, 0.15) is 52.7 Å². The van der Waals surface area contributed by atoms with Gasteiger partial charge in [-0.1, -0.05) is 155 Å². The number of anilines is 1. The van der Waals surface area contributed by atoms with Crippen LogP contribution >= 0.6 is 0 Å². The summed E-state index contributed by atoms with van der Waals surface area (Å²) in [5.41, 5.74) is 18.9. The van der Waals surface area contributed by atoms with E-state index in [4.69, 9.17) is 19.4 Å². The molecular formula is C51H41B6N5O. The van der Waals surface area contributed by atoms with Crippen molar-refractivity contribution < 1.29 is 4.42 Å². The second-order valence-electron chi connectivity index (χ2n) is 17.9. The molecule has 4 unspecified atom stereocenters. The number of hydrogen-bond acceptors (Lipinski definition) is 5. The number of furan rings is 1. The van der Waals surface area contributed by atoms with Crippen LogP contribution in [-0.2, 0) is 0 Å². The van der Waals surface area contributed by atoms with Crippen molar-refractivity contribution in [3.8, 4) is 39.9 Å². The van der Waals surface area contributed by atoms with E-state index >= 15 is 0 Å². The van der Waals surface area contributed by atoms with Crippen LogP contribution in [0.2, 0.25) is 0 Å². The van der Waals surface area contributed by atoms with Gasteiger partial charge in [-0.15, -0.1) is 5.47 Å². The van der Waals surface area contributed by atoms with Crippen LogP contribution in [0.5, 0.6) is 0 Å². The van der Waals surface area contributed by atoms with Crippen molar-refractivity contribution in [1.82, 2.24) is 19.5 Å². The summed E-state index contributed by atoms with van der Waals surface area (Å²) >= 11 is 0. The first-order chi connectivity index (χ1) is 30.7. The van der Waals surface area contributed by atoms with Gasteiger partial charge in [0, 0.05) is 61.9 Å². The first-order valence-corrected chi connectivity index (χ1v) is 22.1. The molecule has 3 aliphatic rings. The van der Waals surface area contributed by atoms with Crippen molar-refractivity contribution in [3.05, 3.63) is 179 Å². The molecule has 0 N–H and O–H groups in total. The first-order valence-electron chi connectivity index (χ1n) is 22.1. The quantitative estimate of drug-likeness (QED) is 0.242. The molecule has 9 aromatic rings. The predicted octanol–water partition coefficient (Wildman–Crippen LogP) is 4.39. The van der Waals surface area contributed by atoms with Crippen molar-refractivity contribution >= 4 is 102 Å². The van der Waals surface area contributed by atoms with E-state index in [1.165, 1.54) is 60.7 Å². The minimum absolute atomic E-state index is 0.0141. The number of rotatable bonds is 5. The highest BCUT2D eigenvalue weighted by Crippen LogP contribution is 2.59. The zero-order valence-corrected chi connectivity index (χ0v) is 36.4. The molecular weight excluding hydrogens is 763 g/mol. The van der Waals surface area contributed by atoms with Gasteiger partial charge in [0.05, 0.1) is 17.4 Å². The number of fused-ring (bicyclic) bond motifs is 10. The molecule has 2 aliphatic carbocycles. The number of allylic oxidation sites excluding steroid dienone is 2. The monoisotopic (exact) mass is 805 g/mol. The van der Waals surface area contributed by atoms with Gasteiger partial charge in [-0.2, -0.15) is 0 Å². The molecule has 12 rings (SSSR count). The Morgan fingerprint density at radius 2 is 1.25 bits per heavy atom. The van der Waals surface area contributed by atoms with Crippen molar-refractivity contribution in [2.75, 3.05) is 4.90 Å². The summed E-state index contributed by atoms with van der Waals surface area (Å²) in [7, 11) is 13.9. The summed E-state index contributed by atoms with van der Waals surface area (Å²) < 4.78 is 9.78. The zero-order valence-electron chi connectivity index (χ0n) is 36.4. The highest BCUT2D eigenvalue weighted by atomic mass is 16.3. The van der Waals surface area contributed by atoms with Crippen LogP contribution in [0.15, 0.2) is 173 Å². The molecule has 1 aliphatic heterocycles. The number of nitrogens with zero attached hydrogens (tertiary/aromatic N) is 5. The third-order valence-corrected chi connectivity index (χ3v) is 14.0. The SMILES string of the molecule is BC1=CC2C3C(B)=C(B)c4c(n(-c5ccccc5)c5c(B)cc(B)cc45)C3N(c3cccc4c3oc3cccc(-c5nc(-c6ccccc6)nc(-c6ccccc6)n5)c34)C2C(B)=C1. The van der Waals surface area contributed by atoms with Crippen LogP contribution in [0.25, 0.3) is 78.2 Å². The lowest BCUT2D eigenvalue weighted by Gasteiger charge is -2.38. The van der Waals surface area contributed by atoms with Gasteiger partial charge in [0.2, 0.25) is 0 Å². The Kier molecular flexibility index (Phi) is 8.59. The van der Waals surface area contributed by atoms with E-state index in [2.05, 4.69) is 172 Å². The highest BCUT2D eigenvalue weighted by Gasteiger charge is 2.54. The molecule has 1 saturated heterocycles. The number of benzene rings is 6. The molecule has 4 heterocycles. The minimum Gasteiger partial charge on any atom is -0.454 e. The Morgan fingerprint density at radius 3 is 1.95 bits per heavy atom. The zero-order chi connectivity index (χ0) is 42.7. The average molecular weight is 805 g/mol. The maximum atomic E-state index is 7.18. The molecule has 6 aromatic carbocycles. The Hall–Kier alpha value is -6.92. The molecule has 0 spiro atoms. The maximum Gasteiger partial charge on any atom is 0.164 e. The Bertz CT molecular complexity index is 3400. The van der Waals surface area contributed by atoms with Crippen molar-refractivity contribution in [2.24, 2.45) is 11.8 Å². The molecule has 6 nitrogen and oxygen atoms in total. The lowest BCUT2D eigenvalue weighted by atomic mass is 9.60. The van der Waals surface area contributed by atoms with Gasteiger partial charge >= 0.3 is 0 Å². The van der Waals surface area contributed by atoms with Gasteiger partial charge in [0.15, 0.2) is 23.1 Å². The van der Waals surface area contributed by atoms with E-state index in [1.807, 2.05) is 36.4 Å². The van der Waals surface area contributed by atoms with E-state index in [0.29, 0.717) is 17.5 Å². The topological polar surface area (TPSA) is 60.0 Å². The van der Waals surface area contributed by atoms with Crippen molar-refractivity contribution in [1.29, 1.82) is 0 Å². The molecule has 0 radical (unpaired) electrons. The standard InChI is InChI=1S/C51H41B6N5O/c52-28-22-33-40-42(56)43(57)41-34-23-29(53)25-36(55)45(34)62(47(41)46(40)61(44(33)35(54)24-28)30-16-8-3-9-17-30)37-20-10-18-31-39-32(19-11-21-38(39)63-48(31)37)51-59-49(26-12-4-1-5-13-26)58-50(60-51)27-14-6-2-7-15-27/h1-25,34,41,45,47H,52-57H2. The lowest BCUT2D eigenvalue weighted by molar-refractivity contribution is 0.481. The number of hydrogen-bond donors (Lipinski definition) is 0. The third-order valence-electron chi connectivity index (χ3n) is 14.0. The van der Waals surface area contributed by atoms with E-state index in [9.17, 15) is 0 Å². The van der Waals surface area contributed by atoms with Crippen molar-refractivity contribution in [2.45, 2.75) is 12.1 Å². The lowest BCUT2D eigenvalue weighted by Crippen LogP contribution is -2.38. The van der Waals surface area contributed by atoms with Crippen LogP contribution in [0.1, 0.15) is 17.3 Å². The maximum absolute atomic E-state index is 7.18. The predicted molar refractivity (Wildman–Crippen MR) is 276 cm³/mol. The van der Waals surface area contributed by atoms with Crippen molar-refractivity contribution in [3.63, 3.8) is 0 Å². The van der Waals surface area contributed by atoms with E-state index in [1.54, 1.807) is 0 Å². The molecule has 0 amide bonds. The summed E-state index contributed by atoms with van der Waals surface area (Å²) in [6.45, 7) is 0. The minimum atomic E-state index is 0.0141. The molecule has 4 atom stereocenters. The fraction of sp³-hybridized carbons (Fsp3) is 0.0784. The fourth-order valence-corrected chi connectivity index (χ4v) is 11.5. The molecule has 63 heavy (non-hydrogen) atoms. The second-order valence-corrected chi connectivity index (χ2v) is 17.9. The van der Waals surface area contributed by atoms with E-state index in [-0.39, 0.29) is 23.9 Å². The average Bonchev–Trinajstić information content (AvgIpc) is 3.97. The normalized spacial score (nSPS) is 19.3. The summed E-state index contributed by atoms with van der Waals surface area (Å²) in [5, 5.41) is 3.36.